The zero-order valence-electron chi connectivity index (χ0n) is 12.9. The minimum absolute atomic E-state index is 0.101. The highest BCUT2D eigenvalue weighted by Gasteiger charge is 2.60. The van der Waals surface area contributed by atoms with Gasteiger partial charge in [-0.25, -0.2) is 9.59 Å². The number of ether oxygens (including phenoxy) is 2. The van der Waals surface area contributed by atoms with Crippen LogP contribution < -0.4 is 5.32 Å². The van der Waals surface area contributed by atoms with Gasteiger partial charge in [-0.3, -0.25) is 0 Å². The van der Waals surface area contributed by atoms with Crippen molar-refractivity contribution < 1.29 is 45.4 Å². The lowest BCUT2D eigenvalue weighted by atomic mass is 10.1. The van der Waals surface area contributed by atoms with E-state index < -0.39 is 36.6 Å². The molecule has 11 heteroatoms. The average Bonchev–Trinajstić information content (AvgIpc) is 2.54. The first-order valence-corrected chi connectivity index (χ1v) is 6.90. The molecule has 1 atom stereocenters. The zero-order valence-corrected chi connectivity index (χ0v) is 12.9. The van der Waals surface area contributed by atoms with Crippen molar-refractivity contribution in [2.24, 2.45) is 0 Å². The predicted octanol–water partition coefficient (Wildman–Crippen LogP) is 3.68. The van der Waals surface area contributed by atoms with E-state index in [1.165, 1.54) is 36.4 Å². The molecular weight excluding hydrogens is 372 g/mol. The summed E-state index contributed by atoms with van der Waals surface area (Å²) in [5, 5.41) is 1.86. The van der Waals surface area contributed by atoms with Gasteiger partial charge in [-0.05, 0) is 5.56 Å². The third-order valence-corrected chi connectivity index (χ3v) is 2.79. The van der Waals surface area contributed by atoms with Gasteiger partial charge < -0.3 is 14.8 Å². The number of hydrogen-bond donors (Lipinski definition) is 1. The molecule has 5 nitrogen and oxygen atoms in total. The number of alkyl halides is 6. The van der Waals surface area contributed by atoms with Crippen LogP contribution in [0.3, 0.4) is 0 Å². The summed E-state index contributed by atoms with van der Waals surface area (Å²) in [6.45, 7) is 2.96. The summed E-state index contributed by atoms with van der Waals surface area (Å²) in [6.07, 6.45) is -16.2. The van der Waals surface area contributed by atoms with Crippen molar-refractivity contribution in [1.29, 1.82) is 0 Å². The zero-order chi connectivity index (χ0) is 20.0. The number of nitrogens with one attached hydrogen (secondary N) is 1. The van der Waals surface area contributed by atoms with E-state index in [4.69, 9.17) is 0 Å². The van der Waals surface area contributed by atoms with E-state index in [1.54, 1.807) is 0 Å². The number of benzene rings is 1. The topological polar surface area (TPSA) is 64.6 Å². The first-order chi connectivity index (χ1) is 12.0. The van der Waals surface area contributed by atoms with Crippen LogP contribution in [0.5, 0.6) is 0 Å². The van der Waals surface area contributed by atoms with Crippen molar-refractivity contribution >= 4 is 12.1 Å². The van der Waals surface area contributed by atoms with Gasteiger partial charge in [0.25, 0.3) is 6.10 Å². The molecule has 1 aromatic rings. The van der Waals surface area contributed by atoms with Gasteiger partial charge in [0, 0.05) is 0 Å². The number of carbonyl (C=O) groups excluding carboxylic acids is 2. The number of carbonyl (C=O) groups is 2. The highest BCUT2D eigenvalue weighted by molar-refractivity contribution is 5.83. The molecule has 1 amide bonds. The summed E-state index contributed by atoms with van der Waals surface area (Å²) in [6, 6.07) is 4.66. The summed E-state index contributed by atoms with van der Waals surface area (Å²) < 4.78 is 83.4. The van der Waals surface area contributed by atoms with Gasteiger partial charge in [0.1, 0.15) is 6.61 Å². The number of rotatable bonds is 6. The summed E-state index contributed by atoms with van der Waals surface area (Å²) >= 11 is 0. The maximum atomic E-state index is 12.6. The van der Waals surface area contributed by atoms with Crippen LogP contribution in [-0.2, 0) is 14.3 Å². The standard InChI is InChI=1S/C15H13F6NO4/c1-2-8-25-13(24)22-10(9-6-4-3-5-7-9)11(23)26-12(14(16,17)18)15(19,20)21/h2-7,10,12H,1,8H2,(H,22,24)/t10-/m0/s1. The van der Waals surface area contributed by atoms with E-state index in [1.807, 2.05) is 5.32 Å². The van der Waals surface area contributed by atoms with Gasteiger partial charge in [0.15, 0.2) is 6.04 Å². The number of amides is 1. The quantitative estimate of drug-likeness (QED) is 0.461. The maximum Gasteiger partial charge on any atom is 0.434 e. The van der Waals surface area contributed by atoms with Crippen LogP contribution in [0.4, 0.5) is 31.1 Å². The normalized spacial score (nSPS) is 13.0. The lowest BCUT2D eigenvalue weighted by Crippen LogP contribution is -2.47. The third kappa shape index (κ3) is 6.30. The van der Waals surface area contributed by atoms with Gasteiger partial charge in [0.05, 0.1) is 0 Å². The second-order valence-electron chi connectivity index (χ2n) is 4.78. The Morgan fingerprint density at radius 3 is 2.08 bits per heavy atom. The van der Waals surface area contributed by atoms with Crippen molar-refractivity contribution in [3.63, 3.8) is 0 Å². The van der Waals surface area contributed by atoms with E-state index in [9.17, 15) is 35.9 Å². The van der Waals surface area contributed by atoms with Crippen molar-refractivity contribution in [2.75, 3.05) is 6.61 Å². The largest absolute Gasteiger partial charge is 0.445 e. The molecule has 0 radical (unpaired) electrons. The smallest absolute Gasteiger partial charge is 0.434 e. The van der Waals surface area contributed by atoms with Crippen LogP contribution in [-0.4, -0.2) is 37.1 Å². The third-order valence-electron chi connectivity index (χ3n) is 2.79. The second kappa shape index (κ2) is 8.59. The molecule has 144 valence electrons. The van der Waals surface area contributed by atoms with Crippen molar-refractivity contribution in [1.82, 2.24) is 5.32 Å². The van der Waals surface area contributed by atoms with Gasteiger partial charge in [-0.15, -0.1) is 0 Å². The minimum Gasteiger partial charge on any atom is -0.445 e. The van der Waals surface area contributed by atoms with Crippen LogP contribution in [0.2, 0.25) is 0 Å². The molecule has 0 bridgehead atoms. The molecule has 0 fully saturated rings. The lowest BCUT2D eigenvalue weighted by Gasteiger charge is -2.25. The molecular formula is C15H13F6NO4. The molecule has 0 aromatic heterocycles. The molecule has 0 spiro atoms. The molecule has 1 rings (SSSR count). The highest BCUT2D eigenvalue weighted by atomic mass is 19.4. The van der Waals surface area contributed by atoms with Crippen LogP contribution in [0, 0.1) is 0 Å². The second-order valence-corrected chi connectivity index (χ2v) is 4.78. The van der Waals surface area contributed by atoms with E-state index >= 15 is 0 Å². The highest BCUT2D eigenvalue weighted by Crippen LogP contribution is 2.36. The minimum atomic E-state index is -5.88. The first-order valence-electron chi connectivity index (χ1n) is 6.90. The van der Waals surface area contributed by atoms with Gasteiger partial charge >= 0.3 is 24.4 Å². The van der Waals surface area contributed by atoms with Crippen LogP contribution in [0.1, 0.15) is 11.6 Å². The Bertz CT molecular complexity index is 615. The Hall–Kier alpha value is -2.72. The SMILES string of the molecule is C=CCOC(=O)N[C@H](C(=O)OC(C(F)(F)F)C(F)(F)F)c1ccccc1. The summed E-state index contributed by atoms with van der Waals surface area (Å²) in [7, 11) is 0. The maximum absolute atomic E-state index is 12.6. The van der Waals surface area contributed by atoms with Crippen molar-refractivity contribution in [3.05, 3.63) is 48.6 Å². The first kappa shape index (κ1) is 21.3. The Morgan fingerprint density at radius 1 is 1.08 bits per heavy atom. The van der Waals surface area contributed by atoms with Crippen molar-refractivity contribution in [2.45, 2.75) is 24.5 Å². The van der Waals surface area contributed by atoms with Crippen LogP contribution in [0.25, 0.3) is 0 Å². The van der Waals surface area contributed by atoms with E-state index in [2.05, 4.69) is 16.1 Å². The van der Waals surface area contributed by atoms with E-state index in [-0.39, 0.29) is 12.2 Å². The number of alkyl carbamates (subject to hydrolysis) is 1. The molecule has 1 N–H and O–H groups in total. The molecule has 0 saturated heterocycles. The van der Waals surface area contributed by atoms with E-state index in [0.29, 0.717) is 0 Å². The van der Waals surface area contributed by atoms with Gasteiger partial charge in [-0.2, -0.15) is 26.3 Å². The fourth-order valence-corrected chi connectivity index (χ4v) is 1.72. The Morgan fingerprint density at radius 2 is 1.62 bits per heavy atom. The fourth-order valence-electron chi connectivity index (χ4n) is 1.72. The molecule has 0 aliphatic heterocycles. The van der Waals surface area contributed by atoms with Crippen molar-refractivity contribution in [3.8, 4) is 0 Å². The van der Waals surface area contributed by atoms with Crippen LogP contribution in [0.15, 0.2) is 43.0 Å². The summed E-state index contributed by atoms with van der Waals surface area (Å²) in [5.41, 5.74) is -0.101. The Labute approximate surface area is 143 Å². The molecule has 0 unspecified atom stereocenters. The predicted molar refractivity (Wildman–Crippen MR) is 75.9 cm³/mol. The van der Waals surface area contributed by atoms with E-state index in [0.717, 1.165) is 0 Å². The number of esters is 1. The summed E-state index contributed by atoms with van der Waals surface area (Å²) in [4.78, 5) is 23.5. The Kier molecular flexibility index (Phi) is 7.04. The Balaban J connectivity index is 3.07. The number of hydrogen-bond acceptors (Lipinski definition) is 4. The van der Waals surface area contributed by atoms with Gasteiger partial charge in [-0.1, -0.05) is 43.0 Å². The number of halogens is 6. The molecule has 0 aliphatic carbocycles. The molecule has 1 aromatic carbocycles. The molecule has 0 saturated carbocycles. The molecule has 0 heterocycles. The lowest BCUT2D eigenvalue weighted by molar-refractivity contribution is -0.313. The average molecular weight is 385 g/mol. The van der Waals surface area contributed by atoms with Crippen LogP contribution >= 0.6 is 0 Å². The fraction of sp³-hybridized carbons (Fsp3) is 0.333. The molecule has 26 heavy (non-hydrogen) atoms. The summed E-state index contributed by atoms with van der Waals surface area (Å²) in [5.74, 6) is -1.95. The monoisotopic (exact) mass is 385 g/mol. The molecule has 0 aliphatic rings. The van der Waals surface area contributed by atoms with Gasteiger partial charge in [0.2, 0.25) is 0 Å².